The van der Waals surface area contributed by atoms with Crippen molar-refractivity contribution in [2.45, 2.75) is 50.6 Å². The standard InChI is InChI=1S/C12H20N2O2/c1-14(8-12(16)13-9-2-3-9)10-4-6-11(15)7-5-10/h9-10H,2-8H2,1H3,(H,13,16). The Balaban J connectivity index is 1.71. The Morgan fingerprint density at radius 1 is 1.31 bits per heavy atom. The normalized spacial score (nSPS) is 22.5. The minimum Gasteiger partial charge on any atom is -0.352 e. The van der Waals surface area contributed by atoms with Crippen LogP contribution in [0, 0.1) is 0 Å². The average Bonchev–Trinajstić information content (AvgIpc) is 3.02. The highest BCUT2D eigenvalue weighted by Crippen LogP contribution is 2.20. The number of carbonyl (C=O) groups is 2. The van der Waals surface area contributed by atoms with Crippen LogP contribution < -0.4 is 5.32 Å². The van der Waals surface area contributed by atoms with E-state index < -0.39 is 0 Å². The lowest BCUT2D eigenvalue weighted by molar-refractivity contribution is -0.123. The molecule has 2 saturated carbocycles. The average molecular weight is 224 g/mol. The molecule has 0 aromatic heterocycles. The fourth-order valence-corrected chi connectivity index (χ4v) is 2.22. The largest absolute Gasteiger partial charge is 0.352 e. The van der Waals surface area contributed by atoms with Crippen LogP contribution in [0.25, 0.3) is 0 Å². The van der Waals surface area contributed by atoms with Crippen molar-refractivity contribution in [1.82, 2.24) is 10.2 Å². The van der Waals surface area contributed by atoms with Gasteiger partial charge in [0.25, 0.3) is 0 Å². The van der Waals surface area contributed by atoms with Gasteiger partial charge in [0, 0.05) is 24.9 Å². The molecule has 2 rings (SSSR count). The summed E-state index contributed by atoms with van der Waals surface area (Å²) in [5.41, 5.74) is 0. The van der Waals surface area contributed by atoms with Crippen molar-refractivity contribution in [3.8, 4) is 0 Å². The molecule has 2 fully saturated rings. The Morgan fingerprint density at radius 2 is 1.94 bits per heavy atom. The molecule has 1 N–H and O–H groups in total. The van der Waals surface area contributed by atoms with Gasteiger partial charge in [-0.1, -0.05) is 0 Å². The highest BCUT2D eigenvalue weighted by molar-refractivity contribution is 5.80. The third kappa shape index (κ3) is 3.30. The predicted molar refractivity (Wildman–Crippen MR) is 61.1 cm³/mol. The van der Waals surface area contributed by atoms with E-state index in [4.69, 9.17) is 0 Å². The van der Waals surface area contributed by atoms with Crippen molar-refractivity contribution in [3.05, 3.63) is 0 Å². The number of ketones is 1. The number of Topliss-reactive ketones (excluding diaryl/α,β-unsaturated/α-hetero) is 1. The maximum absolute atomic E-state index is 11.6. The van der Waals surface area contributed by atoms with Crippen LogP contribution in [0.3, 0.4) is 0 Å². The van der Waals surface area contributed by atoms with E-state index in [-0.39, 0.29) is 5.91 Å². The summed E-state index contributed by atoms with van der Waals surface area (Å²) in [6, 6.07) is 0.844. The van der Waals surface area contributed by atoms with E-state index in [0.717, 1.165) is 25.7 Å². The number of amides is 1. The van der Waals surface area contributed by atoms with Crippen LogP contribution in [-0.4, -0.2) is 42.3 Å². The van der Waals surface area contributed by atoms with Gasteiger partial charge in [0.2, 0.25) is 5.91 Å². The van der Waals surface area contributed by atoms with Crippen molar-refractivity contribution in [1.29, 1.82) is 0 Å². The lowest BCUT2D eigenvalue weighted by Crippen LogP contribution is -2.42. The number of likely N-dealkylation sites (N-methyl/N-ethyl adjacent to an activating group) is 1. The van der Waals surface area contributed by atoms with Gasteiger partial charge in [-0.05, 0) is 32.7 Å². The van der Waals surface area contributed by atoms with Gasteiger partial charge >= 0.3 is 0 Å². The number of rotatable bonds is 4. The molecule has 0 saturated heterocycles. The highest BCUT2D eigenvalue weighted by Gasteiger charge is 2.26. The summed E-state index contributed by atoms with van der Waals surface area (Å²) in [5, 5.41) is 2.99. The lowest BCUT2D eigenvalue weighted by Gasteiger charge is -2.30. The van der Waals surface area contributed by atoms with Gasteiger partial charge in [0.15, 0.2) is 0 Å². The van der Waals surface area contributed by atoms with E-state index >= 15 is 0 Å². The molecule has 4 nitrogen and oxygen atoms in total. The maximum Gasteiger partial charge on any atom is 0.234 e. The van der Waals surface area contributed by atoms with Gasteiger partial charge in [-0.15, -0.1) is 0 Å². The van der Waals surface area contributed by atoms with E-state index in [1.807, 2.05) is 7.05 Å². The molecule has 0 spiro atoms. The Hall–Kier alpha value is -0.900. The molecule has 16 heavy (non-hydrogen) atoms. The van der Waals surface area contributed by atoms with Crippen LogP contribution in [0.5, 0.6) is 0 Å². The number of nitrogens with zero attached hydrogens (tertiary/aromatic N) is 1. The Labute approximate surface area is 96.4 Å². The first-order valence-electron chi connectivity index (χ1n) is 6.16. The van der Waals surface area contributed by atoms with Crippen LogP contribution in [0.4, 0.5) is 0 Å². The summed E-state index contributed by atoms with van der Waals surface area (Å²) in [7, 11) is 1.98. The van der Waals surface area contributed by atoms with Crippen LogP contribution in [0.15, 0.2) is 0 Å². The van der Waals surface area contributed by atoms with Crippen molar-refractivity contribution in [3.63, 3.8) is 0 Å². The second-order valence-corrected chi connectivity index (χ2v) is 5.03. The number of nitrogens with one attached hydrogen (secondary N) is 1. The van der Waals surface area contributed by atoms with Gasteiger partial charge in [-0.3, -0.25) is 14.5 Å². The number of hydrogen-bond donors (Lipinski definition) is 1. The molecule has 1 amide bonds. The lowest BCUT2D eigenvalue weighted by atomic mass is 9.93. The zero-order valence-electron chi connectivity index (χ0n) is 9.87. The minimum atomic E-state index is 0.127. The van der Waals surface area contributed by atoms with Crippen molar-refractivity contribution >= 4 is 11.7 Å². The Morgan fingerprint density at radius 3 is 2.50 bits per heavy atom. The van der Waals surface area contributed by atoms with E-state index in [2.05, 4.69) is 10.2 Å². The summed E-state index contributed by atoms with van der Waals surface area (Å²) in [6.45, 7) is 0.468. The summed E-state index contributed by atoms with van der Waals surface area (Å²) >= 11 is 0. The zero-order valence-corrected chi connectivity index (χ0v) is 9.87. The molecule has 0 atom stereocenters. The monoisotopic (exact) mass is 224 g/mol. The van der Waals surface area contributed by atoms with Crippen molar-refractivity contribution in [2.75, 3.05) is 13.6 Å². The molecule has 0 unspecified atom stereocenters. The Kier molecular flexibility index (Phi) is 3.59. The fourth-order valence-electron chi connectivity index (χ4n) is 2.22. The first-order chi connectivity index (χ1) is 7.65. The van der Waals surface area contributed by atoms with E-state index in [1.165, 1.54) is 0 Å². The SMILES string of the molecule is CN(CC(=O)NC1CC1)C1CCC(=O)CC1. The smallest absolute Gasteiger partial charge is 0.234 e. The molecule has 0 radical (unpaired) electrons. The fraction of sp³-hybridized carbons (Fsp3) is 0.833. The highest BCUT2D eigenvalue weighted by atomic mass is 16.2. The van der Waals surface area contributed by atoms with Crippen molar-refractivity contribution < 1.29 is 9.59 Å². The molecule has 0 bridgehead atoms. The van der Waals surface area contributed by atoms with E-state index in [9.17, 15) is 9.59 Å². The third-order valence-corrected chi connectivity index (χ3v) is 3.47. The second kappa shape index (κ2) is 4.95. The molecule has 0 heterocycles. The predicted octanol–water partition coefficient (Wildman–Crippen LogP) is 0.708. The molecular weight excluding hydrogens is 204 g/mol. The topological polar surface area (TPSA) is 49.4 Å². The second-order valence-electron chi connectivity index (χ2n) is 5.03. The first kappa shape index (κ1) is 11.6. The van der Waals surface area contributed by atoms with Gasteiger partial charge < -0.3 is 5.32 Å². The molecule has 4 heteroatoms. The van der Waals surface area contributed by atoms with Gasteiger partial charge in [-0.25, -0.2) is 0 Å². The van der Waals surface area contributed by atoms with Crippen molar-refractivity contribution in [2.24, 2.45) is 0 Å². The minimum absolute atomic E-state index is 0.127. The summed E-state index contributed by atoms with van der Waals surface area (Å²) in [5.74, 6) is 0.494. The zero-order chi connectivity index (χ0) is 11.5. The molecule has 2 aliphatic carbocycles. The van der Waals surface area contributed by atoms with Crippen LogP contribution in [0.2, 0.25) is 0 Å². The van der Waals surface area contributed by atoms with Crippen LogP contribution >= 0.6 is 0 Å². The quantitative estimate of drug-likeness (QED) is 0.765. The van der Waals surface area contributed by atoms with Gasteiger partial charge in [0.05, 0.1) is 6.54 Å². The third-order valence-electron chi connectivity index (χ3n) is 3.47. The summed E-state index contributed by atoms with van der Waals surface area (Å²) in [4.78, 5) is 24.8. The molecule has 0 aliphatic heterocycles. The molecule has 90 valence electrons. The number of hydrogen-bond acceptors (Lipinski definition) is 3. The van der Waals surface area contributed by atoms with Gasteiger partial charge in [0.1, 0.15) is 5.78 Å². The van der Waals surface area contributed by atoms with Crippen LogP contribution in [-0.2, 0) is 9.59 Å². The molecule has 0 aromatic carbocycles. The Bertz CT molecular complexity index is 277. The molecule has 2 aliphatic rings. The van der Waals surface area contributed by atoms with Gasteiger partial charge in [-0.2, -0.15) is 0 Å². The van der Waals surface area contributed by atoms with Crippen LogP contribution in [0.1, 0.15) is 38.5 Å². The maximum atomic E-state index is 11.6. The molecular formula is C12H20N2O2. The number of carbonyl (C=O) groups excluding carboxylic acids is 2. The van der Waals surface area contributed by atoms with E-state index in [0.29, 0.717) is 37.3 Å². The summed E-state index contributed by atoms with van der Waals surface area (Å²) < 4.78 is 0. The van der Waals surface area contributed by atoms with E-state index in [1.54, 1.807) is 0 Å². The first-order valence-corrected chi connectivity index (χ1v) is 6.16. The summed E-state index contributed by atoms with van der Waals surface area (Å²) in [6.07, 6.45) is 5.44. The molecule has 0 aromatic rings.